The summed E-state index contributed by atoms with van der Waals surface area (Å²) in [7, 11) is 0. The summed E-state index contributed by atoms with van der Waals surface area (Å²) < 4.78 is 0. The van der Waals surface area contributed by atoms with E-state index in [9.17, 15) is 0 Å². The molecule has 1 aliphatic heterocycles. The molecule has 15 heavy (non-hydrogen) atoms. The van der Waals surface area contributed by atoms with Gasteiger partial charge in [0, 0.05) is 23.9 Å². The molecule has 3 atom stereocenters. The molecule has 90 valence electrons. The summed E-state index contributed by atoms with van der Waals surface area (Å²) in [6, 6.07) is 1.11. The van der Waals surface area contributed by atoms with Gasteiger partial charge in [-0.25, -0.2) is 0 Å². The summed E-state index contributed by atoms with van der Waals surface area (Å²) in [4.78, 5) is 0. The maximum Gasteiger partial charge on any atom is 0.0445 e. The van der Waals surface area contributed by atoms with E-state index in [4.69, 9.17) is 5.11 Å². The Morgan fingerprint density at radius 2 is 2.20 bits per heavy atom. The fourth-order valence-electron chi connectivity index (χ4n) is 2.17. The van der Waals surface area contributed by atoms with Gasteiger partial charge in [-0.1, -0.05) is 20.8 Å². The zero-order valence-electron chi connectivity index (χ0n) is 10.2. The third-order valence-electron chi connectivity index (χ3n) is 3.28. The fourth-order valence-corrected chi connectivity index (χ4v) is 3.32. The van der Waals surface area contributed by atoms with Crippen molar-refractivity contribution in [2.24, 2.45) is 5.92 Å². The van der Waals surface area contributed by atoms with Crippen LogP contribution in [0.5, 0.6) is 0 Å². The quantitative estimate of drug-likeness (QED) is 0.761. The number of hydrogen-bond acceptors (Lipinski definition) is 3. The Bertz CT molecular complexity index is 173. The Labute approximate surface area is 98.2 Å². The molecular formula is C12H25NOS. The van der Waals surface area contributed by atoms with E-state index in [2.05, 4.69) is 37.8 Å². The van der Waals surface area contributed by atoms with Crippen LogP contribution in [0.25, 0.3) is 0 Å². The van der Waals surface area contributed by atoms with Crippen LogP contribution in [-0.2, 0) is 0 Å². The maximum atomic E-state index is 9.04. The molecular weight excluding hydrogens is 206 g/mol. The molecule has 2 N–H and O–H groups in total. The Morgan fingerprint density at radius 1 is 1.47 bits per heavy atom. The first-order valence-electron chi connectivity index (χ1n) is 6.13. The van der Waals surface area contributed by atoms with Crippen LogP contribution < -0.4 is 5.32 Å². The van der Waals surface area contributed by atoms with Crippen LogP contribution in [0.1, 0.15) is 40.0 Å². The van der Waals surface area contributed by atoms with Crippen LogP contribution in [0.2, 0.25) is 0 Å². The molecule has 0 amide bonds. The number of aliphatic hydroxyl groups excluding tert-OH is 1. The highest BCUT2D eigenvalue weighted by Gasteiger charge is 2.25. The summed E-state index contributed by atoms with van der Waals surface area (Å²) in [5, 5.41) is 13.5. The highest BCUT2D eigenvalue weighted by molar-refractivity contribution is 7.99. The van der Waals surface area contributed by atoms with Crippen LogP contribution in [-0.4, -0.2) is 34.8 Å². The Hall–Kier alpha value is 0.270. The molecule has 0 aromatic carbocycles. The Morgan fingerprint density at radius 3 is 2.73 bits per heavy atom. The molecule has 0 spiro atoms. The first-order valence-corrected chi connectivity index (χ1v) is 7.18. The van der Waals surface area contributed by atoms with E-state index >= 15 is 0 Å². The highest BCUT2D eigenvalue weighted by Crippen LogP contribution is 2.26. The van der Waals surface area contributed by atoms with Gasteiger partial charge in [0.1, 0.15) is 0 Å². The van der Waals surface area contributed by atoms with Gasteiger partial charge in [-0.2, -0.15) is 11.8 Å². The monoisotopic (exact) mass is 231 g/mol. The van der Waals surface area contributed by atoms with Crippen molar-refractivity contribution in [3.63, 3.8) is 0 Å². The first-order chi connectivity index (χ1) is 7.15. The summed E-state index contributed by atoms with van der Waals surface area (Å²) >= 11 is 2.07. The molecule has 1 saturated heterocycles. The summed E-state index contributed by atoms with van der Waals surface area (Å²) in [5.41, 5.74) is 0. The third-order valence-corrected chi connectivity index (χ3v) is 4.66. The number of hydrogen-bond donors (Lipinski definition) is 2. The molecule has 0 saturated carbocycles. The summed E-state index contributed by atoms with van der Waals surface area (Å²) in [6.07, 6.45) is 3.50. The highest BCUT2D eigenvalue weighted by atomic mass is 32.2. The largest absolute Gasteiger partial charge is 0.396 e. The van der Waals surface area contributed by atoms with E-state index in [1.54, 1.807) is 0 Å². The topological polar surface area (TPSA) is 32.3 Å². The average Bonchev–Trinajstić information content (AvgIpc) is 2.20. The molecule has 3 unspecified atom stereocenters. The third kappa shape index (κ3) is 4.33. The standard InChI is InChI=1S/C12H25NOS/c1-9(2)11(6-7-14)13-12-5-4-8-15-10(12)3/h9-14H,4-8H2,1-3H3. The van der Waals surface area contributed by atoms with Crippen molar-refractivity contribution in [2.75, 3.05) is 12.4 Å². The minimum absolute atomic E-state index is 0.296. The van der Waals surface area contributed by atoms with Gasteiger partial charge in [0.25, 0.3) is 0 Å². The van der Waals surface area contributed by atoms with Crippen molar-refractivity contribution in [3.05, 3.63) is 0 Å². The van der Waals surface area contributed by atoms with Crippen LogP contribution >= 0.6 is 11.8 Å². The second-order valence-corrected chi connectivity index (χ2v) is 6.34. The van der Waals surface area contributed by atoms with Crippen LogP contribution in [0, 0.1) is 5.92 Å². The molecule has 0 aromatic heterocycles. The molecule has 0 bridgehead atoms. The molecule has 0 radical (unpaired) electrons. The lowest BCUT2D eigenvalue weighted by atomic mass is 9.98. The lowest BCUT2D eigenvalue weighted by Gasteiger charge is -2.34. The summed E-state index contributed by atoms with van der Waals surface area (Å²) in [5.74, 6) is 1.92. The molecule has 0 aliphatic carbocycles. The molecule has 1 heterocycles. The van der Waals surface area contributed by atoms with Crippen molar-refractivity contribution < 1.29 is 5.11 Å². The number of nitrogens with one attached hydrogen (secondary N) is 1. The lowest BCUT2D eigenvalue weighted by Crippen LogP contribution is -2.47. The van der Waals surface area contributed by atoms with Gasteiger partial charge >= 0.3 is 0 Å². The zero-order valence-corrected chi connectivity index (χ0v) is 11.0. The molecule has 1 fully saturated rings. The van der Waals surface area contributed by atoms with Crippen LogP contribution in [0.4, 0.5) is 0 Å². The van der Waals surface area contributed by atoms with E-state index < -0.39 is 0 Å². The van der Waals surface area contributed by atoms with E-state index in [1.165, 1.54) is 18.6 Å². The molecule has 1 rings (SSSR count). The SMILES string of the molecule is CC(C)C(CCO)NC1CCCSC1C. The van der Waals surface area contributed by atoms with Gasteiger partial charge in [-0.05, 0) is 30.9 Å². The second-order valence-electron chi connectivity index (χ2n) is 4.85. The fraction of sp³-hybridized carbons (Fsp3) is 1.00. The predicted octanol–water partition coefficient (Wildman–Crippen LogP) is 2.27. The summed E-state index contributed by atoms with van der Waals surface area (Å²) in [6.45, 7) is 7.07. The van der Waals surface area contributed by atoms with Crippen molar-refractivity contribution in [2.45, 2.75) is 57.4 Å². The normalized spacial score (nSPS) is 29.4. The Balaban J connectivity index is 2.41. The van der Waals surface area contributed by atoms with E-state index in [-0.39, 0.29) is 0 Å². The van der Waals surface area contributed by atoms with E-state index in [1.807, 2.05) is 0 Å². The number of thioether (sulfide) groups is 1. The second kappa shape index (κ2) is 6.77. The van der Waals surface area contributed by atoms with Crippen molar-refractivity contribution in [1.82, 2.24) is 5.32 Å². The molecule has 2 nitrogen and oxygen atoms in total. The van der Waals surface area contributed by atoms with Gasteiger partial charge in [0.2, 0.25) is 0 Å². The first kappa shape index (κ1) is 13.3. The zero-order chi connectivity index (χ0) is 11.3. The van der Waals surface area contributed by atoms with E-state index in [0.29, 0.717) is 24.6 Å². The van der Waals surface area contributed by atoms with Gasteiger partial charge < -0.3 is 10.4 Å². The van der Waals surface area contributed by atoms with Gasteiger partial charge in [-0.3, -0.25) is 0 Å². The minimum Gasteiger partial charge on any atom is -0.396 e. The van der Waals surface area contributed by atoms with Crippen LogP contribution in [0.3, 0.4) is 0 Å². The molecule has 0 aromatic rings. The van der Waals surface area contributed by atoms with Crippen molar-refractivity contribution in [3.8, 4) is 0 Å². The number of rotatable bonds is 5. The van der Waals surface area contributed by atoms with Gasteiger partial charge in [0.05, 0.1) is 0 Å². The molecule has 1 aliphatic rings. The smallest absolute Gasteiger partial charge is 0.0445 e. The van der Waals surface area contributed by atoms with Gasteiger partial charge in [-0.15, -0.1) is 0 Å². The predicted molar refractivity (Wildman–Crippen MR) is 68.4 cm³/mol. The number of aliphatic hydroxyl groups is 1. The van der Waals surface area contributed by atoms with E-state index in [0.717, 1.165) is 11.7 Å². The minimum atomic E-state index is 0.296. The van der Waals surface area contributed by atoms with Crippen molar-refractivity contribution in [1.29, 1.82) is 0 Å². The Kier molecular flexibility index (Phi) is 6.02. The van der Waals surface area contributed by atoms with Gasteiger partial charge in [0.15, 0.2) is 0 Å². The lowest BCUT2D eigenvalue weighted by molar-refractivity contribution is 0.231. The van der Waals surface area contributed by atoms with Crippen molar-refractivity contribution >= 4 is 11.8 Å². The van der Waals surface area contributed by atoms with Crippen LogP contribution in [0.15, 0.2) is 0 Å². The maximum absolute atomic E-state index is 9.04. The average molecular weight is 231 g/mol. The molecule has 3 heteroatoms.